The Morgan fingerprint density at radius 3 is 2.19 bits per heavy atom. The summed E-state index contributed by atoms with van der Waals surface area (Å²) in [6, 6.07) is 11.4. The van der Waals surface area contributed by atoms with Gasteiger partial charge in [-0.2, -0.15) is 0 Å². The number of rotatable bonds is 13. The fourth-order valence-corrected chi connectivity index (χ4v) is 4.60. The molecule has 1 unspecified atom stereocenters. The average molecular weight is 511 g/mol. The third-order valence-corrected chi connectivity index (χ3v) is 6.55. The first kappa shape index (κ1) is 28.1. The average Bonchev–Trinajstić information content (AvgIpc) is 3.17. The second-order valence-electron chi connectivity index (χ2n) is 8.67. The lowest BCUT2D eigenvalue weighted by molar-refractivity contribution is -0.140. The summed E-state index contributed by atoms with van der Waals surface area (Å²) in [6.45, 7) is 11.9. The van der Waals surface area contributed by atoms with Gasteiger partial charge in [-0.1, -0.05) is 19.9 Å². The zero-order valence-corrected chi connectivity index (χ0v) is 22.5. The van der Waals surface area contributed by atoms with Crippen LogP contribution in [-0.2, 0) is 9.59 Å². The number of carbonyl (C=O) groups excluding carboxylic acids is 2. The standard InChI is InChI=1S/C29H38N2O6/c1-6-30(7-2)17-10-18-31-26(21-13-16-23(36-8-3)24(19-21)37-9-4)25(28(33)29(31)34)27(32)20-11-14-22(35-5)15-12-20/h11-16,19,26,32H,6-10,17-18H2,1-5H3/b27-25-. The summed E-state index contributed by atoms with van der Waals surface area (Å²) in [6.07, 6.45) is 0.698. The second-order valence-corrected chi connectivity index (χ2v) is 8.67. The van der Waals surface area contributed by atoms with E-state index in [0.29, 0.717) is 54.6 Å². The lowest BCUT2D eigenvalue weighted by Crippen LogP contribution is -2.33. The molecule has 37 heavy (non-hydrogen) atoms. The molecule has 0 aliphatic carbocycles. The van der Waals surface area contributed by atoms with Gasteiger partial charge in [0.05, 0.1) is 31.9 Å². The highest BCUT2D eigenvalue weighted by Crippen LogP contribution is 2.42. The van der Waals surface area contributed by atoms with Crippen LogP contribution in [-0.4, -0.2) is 73.1 Å². The third kappa shape index (κ3) is 6.25. The van der Waals surface area contributed by atoms with Gasteiger partial charge in [0.25, 0.3) is 11.7 Å². The quantitative estimate of drug-likeness (QED) is 0.238. The van der Waals surface area contributed by atoms with Crippen LogP contribution < -0.4 is 14.2 Å². The molecule has 0 radical (unpaired) electrons. The molecule has 2 aromatic rings. The van der Waals surface area contributed by atoms with Crippen molar-refractivity contribution in [2.24, 2.45) is 0 Å². The maximum Gasteiger partial charge on any atom is 0.295 e. The van der Waals surface area contributed by atoms with Crippen LogP contribution in [0.15, 0.2) is 48.0 Å². The minimum absolute atomic E-state index is 0.0598. The highest BCUT2D eigenvalue weighted by molar-refractivity contribution is 6.46. The predicted molar refractivity (Wildman–Crippen MR) is 143 cm³/mol. The summed E-state index contributed by atoms with van der Waals surface area (Å²) >= 11 is 0. The molecular formula is C29H38N2O6. The molecule has 0 bridgehead atoms. The van der Waals surface area contributed by atoms with Crippen molar-refractivity contribution in [1.82, 2.24) is 9.80 Å². The van der Waals surface area contributed by atoms with E-state index in [0.717, 1.165) is 19.6 Å². The molecule has 8 nitrogen and oxygen atoms in total. The monoisotopic (exact) mass is 510 g/mol. The highest BCUT2D eigenvalue weighted by atomic mass is 16.5. The Morgan fingerprint density at radius 2 is 1.59 bits per heavy atom. The highest BCUT2D eigenvalue weighted by Gasteiger charge is 2.46. The Hall–Kier alpha value is -3.52. The molecule has 0 saturated carbocycles. The first-order valence-corrected chi connectivity index (χ1v) is 12.9. The summed E-state index contributed by atoms with van der Waals surface area (Å²) in [5, 5.41) is 11.3. The molecule has 0 spiro atoms. The Morgan fingerprint density at radius 1 is 0.946 bits per heavy atom. The molecule has 1 aliphatic heterocycles. The minimum atomic E-state index is -0.756. The zero-order chi connectivity index (χ0) is 26.9. The normalized spacial score (nSPS) is 16.9. The van der Waals surface area contributed by atoms with Crippen LogP contribution >= 0.6 is 0 Å². The fourth-order valence-electron chi connectivity index (χ4n) is 4.60. The molecule has 0 aromatic heterocycles. The fraction of sp³-hybridized carbons (Fsp3) is 0.448. The van der Waals surface area contributed by atoms with Crippen molar-refractivity contribution in [3.63, 3.8) is 0 Å². The van der Waals surface area contributed by atoms with Gasteiger partial charge in [-0.05, 0) is 81.9 Å². The molecule has 3 rings (SSSR count). The van der Waals surface area contributed by atoms with E-state index >= 15 is 0 Å². The number of carbonyl (C=O) groups is 2. The van der Waals surface area contributed by atoms with E-state index in [9.17, 15) is 14.7 Å². The van der Waals surface area contributed by atoms with E-state index in [1.807, 2.05) is 19.9 Å². The van der Waals surface area contributed by atoms with Gasteiger partial charge in [0.1, 0.15) is 11.5 Å². The van der Waals surface area contributed by atoms with Crippen molar-refractivity contribution in [2.45, 2.75) is 40.2 Å². The van der Waals surface area contributed by atoms with Gasteiger partial charge < -0.3 is 29.1 Å². The molecule has 1 saturated heterocycles. The second kappa shape index (κ2) is 13.1. The van der Waals surface area contributed by atoms with Gasteiger partial charge in [-0.3, -0.25) is 9.59 Å². The number of aliphatic hydroxyl groups is 1. The van der Waals surface area contributed by atoms with Gasteiger partial charge in [0, 0.05) is 12.1 Å². The van der Waals surface area contributed by atoms with E-state index in [1.54, 1.807) is 48.4 Å². The number of amides is 1. The number of hydrogen-bond donors (Lipinski definition) is 1. The molecule has 8 heteroatoms. The largest absolute Gasteiger partial charge is 0.507 e. The van der Waals surface area contributed by atoms with E-state index < -0.39 is 17.7 Å². The van der Waals surface area contributed by atoms with Crippen LogP contribution in [0.3, 0.4) is 0 Å². The first-order valence-electron chi connectivity index (χ1n) is 12.9. The minimum Gasteiger partial charge on any atom is -0.507 e. The predicted octanol–water partition coefficient (Wildman–Crippen LogP) is 4.65. The Labute approximate surface area is 219 Å². The van der Waals surface area contributed by atoms with Gasteiger partial charge in [-0.15, -0.1) is 0 Å². The summed E-state index contributed by atoms with van der Waals surface area (Å²) in [4.78, 5) is 30.4. The molecule has 2 aromatic carbocycles. The van der Waals surface area contributed by atoms with E-state index in [4.69, 9.17) is 14.2 Å². The Kier molecular flexibility index (Phi) is 9.97. The van der Waals surface area contributed by atoms with Crippen LogP contribution in [0.4, 0.5) is 0 Å². The number of hydrogen-bond acceptors (Lipinski definition) is 7. The molecule has 1 heterocycles. The number of nitrogens with zero attached hydrogens (tertiary/aromatic N) is 2. The summed E-state index contributed by atoms with van der Waals surface area (Å²) in [5.41, 5.74) is 1.16. The molecule has 1 atom stereocenters. The van der Waals surface area contributed by atoms with E-state index in [2.05, 4.69) is 18.7 Å². The Bertz CT molecular complexity index is 1110. The number of benzene rings is 2. The molecule has 200 valence electrons. The van der Waals surface area contributed by atoms with Crippen LogP contribution in [0.2, 0.25) is 0 Å². The maximum absolute atomic E-state index is 13.3. The Balaban J connectivity index is 2.09. The number of ether oxygens (including phenoxy) is 3. The van der Waals surface area contributed by atoms with Gasteiger partial charge in [0.2, 0.25) is 0 Å². The van der Waals surface area contributed by atoms with Gasteiger partial charge in [-0.25, -0.2) is 0 Å². The maximum atomic E-state index is 13.3. The molecular weight excluding hydrogens is 472 g/mol. The SMILES string of the molecule is CCOc1ccc(C2/C(=C(/O)c3ccc(OC)cc3)C(=O)C(=O)N2CCCN(CC)CC)cc1OCC. The number of aliphatic hydroxyl groups excluding tert-OH is 1. The van der Waals surface area contributed by atoms with Crippen molar-refractivity contribution in [3.05, 3.63) is 59.2 Å². The number of ketones is 1. The molecule has 1 N–H and O–H groups in total. The molecule has 1 fully saturated rings. The van der Waals surface area contributed by atoms with Gasteiger partial charge >= 0.3 is 0 Å². The summed E-state index contributed by atoms with van der Waals surface area (Å²) < 4.78 is 16.7. The summed E-state index contributed by atoms with van der Waals surface area (Å²) in [5.74, 6) is 0.197. The summed E-state index contributed by atoms with van der Waals surface area (Å²) in [7, 11) is 1.56. The molecule has 1 amide bonds. The van der Waals surface area contributed by atoms with Crippen molar-refractivity contribution < 1.29 is 28.9 Å². The number of Topliss-reactive ketones (excluding diaryl/α,β-unsaturated/α-hetero) is 1. The van der Waals surface area contributed by atoms with E-state index in [1.165, 1.54) is 0 Å². The van der Waals surface area contributed by atoms with Crippen LogP contribution in [0.5, 0.6) is 17.2 Å². The number of likely N-dealkylation sites (tertiary alicyclic amines) is 1. The van der Waals surface area contributed by atoms with Crippen molar-refractivity contribution in [2.75, 3.05) is 46.5 Å². The smallest absolute Gasteiger partial charge is 0.295 e. The first-order chi connectivity index (χ1) is 17.9. The van der Waals surface area contributed by atoms with Crippen LogP contribution in [0.1, 0.15) is 51.3 Å². The van der Waals surface area contributed by atoms with Crippen molar-refractivity contribution >= 4 is 17.4 Å². The van der Waals surface area contributed by atoms with Crippen LogP contribution in [0.25, 0.3) is 5.76 Å². The molecule has 1 aliphatic rings. The van der Waals surface area contributed by atoms with Crippen LogP contribution in [0, 0.1) is 0 Å². The number of methoxy groups -OCH3 is 1. The van der Waals surface area contributed by atoms with Gasteiger partial charge in [0.15, 0.2) is 11.5 Å². The topological polar surface area (TPSA) is 88.5 Å². The lowest BCUT2D eigenvalue weighted by atomic mass is 9.95. The zero-order valence-electron chi connectivity index (χ0n) is 22.5. The lowest BCUT2D eigenvalue weighted by Gasteiger charge is -2.27. The van der Waals surface area contributed by atoms with E-state index in [-0.39, 0.29) is 11.3 Å². The van der Waals surface area contributed by atoms with Crippen molar-refractivity contribution in [1.29, 1.82) is 0 Å². The third-order valence-electron chi connectivity index (χ3n) is 6.55. The van der Waals surface area contributed by atoms with Crippen molar-refractivity contribution in [3.8, 4) is 17.2 Å².